The summed E-state index contributed by atoms with van der Waals surface area (Å²) in [6.45, 7) is 2.03. The fraction of sp³-hybridized carbons (Fsp3) is 0.0769. The minimum atomic E-state index is 0.179. The third-order valence-corrected chi connectivity index (χ3v) is 2.70. The van der Waals surface area contributed by atoms with Gasteiger partial charge < -0.3 is 5.11 Å². The van der Waals surface area contributed by atoms with E-state index in [0.29, 0.717) is 5.82 Å². The van der Waals surface area contributed by atoms with Gasteiger partial charge in [-0.25, -0.2) is 9.50 Å². The van der Waals surface area contributed by atoms with Crippen molar-refractivity contribution < 1.29 is 5.11 Å². The number of hydrogen-bond acceptors (Lipinski definition) is 3. The Balaban J connectivity index is 2.22. The molecular weight excluding hydrogens is 214 g/mol. The van der Waals surface area contributed by atoms with Crippen LogP contribution in [0.1, 0.15) is 5.56 Å². The topological polar surface area (TPSA) is 50.4 Å². The summed E-state index contributed by atoms with van der Waals surface area (Å²) in [5, 5.41) is 13.7. The van der Waals surface area contributed by atoms with Crippen molar-refractivity contribution in [2.24, 2.45) is 0 Å². The van der Waals surface area contributed by atoms with Crippen molar-refractivity contribution in [3.05, 3.63) is 48.2 Å². The first-order chi connectivity index (χ1) is 8.24. The predicted molar refractivity (Wildman–Crippen MR) is 64.8 cm³/mol. The Morgan fingerprint density at radius 1 is 1.12 bits per heavy atom. The molecule has 17 heavy (non-hydrogen) atoms. The molecule has 0 fully saturated rings. The number of hydrogen-bond donors (Lipinski definition) is 1. The van der Waals surface area contributed by atoms with Crippen molar-refractivity contribution in [1.82, 2.24) is 14.6 Å². The molecule has 0 aliphatic carbocycles. The van der Waals surface area contributed by atoms with Gasteiger partial charge in [0.25, 0.3) is 0 Å². The lowest BCUT2D eigenvalue weighted by molar-refractivity contribution is 0.470. The highest BCUT2D eigenvalue weighted by Gasteiger charge is 2.08. The molecule has 0 aliphatic heterocycles. The Morgan fingerprint density at radius 3 is 2.76 bits per heavy atom. The Kier molecular flexibility index (Phi) is 2.08. The zero-order valence-corrected chi connectivity index (χ0v) is 9.33. The first kappa shape index (κ1) is 9.84. The van der Waals surface area contributed by atoms with Crippen LogP contribution in [0.2, 0.25) is 0 Å². The van der Waals surface area contributed by atoms with Crippen molar-refractivity contribution in [3.8, 4) is 17.1 Å². The molecule has 0 bridgehead atoms. The van der Waals surface area contributed by atoms with Gasteiger partial charge >= 0.3 is 0 Å². The van der Waals surface area contributed by atoms with E-state index in [9.17, 15) is 5.11 Å². The Morgan fingerprint density at radius 2 is 1.94 bits per heavy atom. The molecule has 0 saturated carbocycles. The van der Waals surface area contributed by atoms with Gasteiger partial charge in [0.2, 0.25) is 0 Å². The molecule has 84 valence electrons. The Bertz CT molecular complexity index is 688. The van der Waals surface area contributed by atoms with E-state index in [1.807, 2.05) is 31.2 Å². The summed E-state index contributed by atoms with van der Waals surface area (Å²) in [4.78, 5) is 4.43. The quantitative estimate of drug-likeness (QED) is 0.691. The smallest absolute Gasteiger partial charge is 0.182 e. The van der Waals surface area contributed by atoms with Gasteiger partial charge in [0.1, 0.15) is 5.75 Å². The average molecular weight is 225 g/mol. The van der Waals surface area contributed by atoms with Crippen molar-refractivity contribution in [2.45, 2.75) is 6.92 Å². The van der Waals surface area contributed by atoms with Crippen LogP contribution in [-0.2, 0) is 0 Å². The molecule has 3 rings (SSSR count). The Hall–Kier alpha value is -2.36. The van der Waals surface area contributed by atoms with Gasteiger partial charge in [0, 0.05) is 5.56 Å². The third-order valence-electron chi connectivity index (χ3n) is 2.70. The second kappa shape index (κ2) is 3.59. The van der Waals surface area contributed by atoms with Gasteiger partial charge in [-0.2, -0.15) is 0 Å². The lowest BCUT2D eigenvalue weighted by atomic mass is 10.1. The molecule has 0 atom stereocenters. The third kappa shape index (κ3) is 1.63. The number of pyridine rings is 1. The molecule has 4 heteroatoms. The van der Waals surface area contributed by atoms with Crippen molar-refractivity contribution in [3.63, 3.8) is 0 Å². The summed E-state index contributed by atoms with van der Waals surface area (Å²) in [6.07, 6.45) is 1.55. The average Bonchev–Trinajstić information content (AvgIpc) is 2.72. The summed E-state index contributed by atoms with van der Waals surface area (Å²) in [5.74, 6) is 0.854. The first-order valence-corrected chi connectivity index (χ1v) is 5.35. The van der Waals surface area contributed by atoms with E-state index in [2.05, 4.69) is 10.1 Å². The molecule has 0 aliphatic rings. The van der Waals surface area contributed by atoms with Crippen LogP contribution in [0, 0.1) is 6.92 Å². The molecule has 0 spiro atoms. The second-order valence-corrected chi connectivity index (χ2v) is 3.94. The van der Waals surface area contributed by atoms with E-state index in [-0.39, 0.29) is 5.75 Å². The summed E-state index contributed by atoms with van der Waals surface area (Å²) in [6, 6.07) is 11.3. The van der Waals surface area contributed by atoms with Gasteiger partial charge in [-0.05, 0) is 24.6 Å². The molecule has 4 nitrogen and oxygen atoms in total. The zero-order valence-electron chi connectivity index (χ0n) is 9.33. The standard InChI is InChI=1S/C13H11N3O/c1-9-4-2-3-5-11(9)13-14-12-7-6-10(17)8-16(12)15-13/h2-8,17H,1H3. The van der Waals surface area contributed by atoms with E-state index in [4.69, 9.17) is 0 Å². The fourth-order valence-electron chi connectivity index (χ4n) is 1.81. The summed E-state index contributed by atoms with van der Waals surface area (Å²) in [7, 11) is 0. The number of aromatic nitrogens is 3. The monoisotopic (exact) mass is 225 g/mol. The van der Waals surface area contributed by atoms with Crippen molar-refractivity contribution >= 4 is 5.65 Å². The highest BCUT2D eigenvalue weighted by atomic mass is 16.3. The molecule has 0 amide bonds. The number of benzene rings is 1. The van der Waals surface area contributed by atoms with Crippen LogP contribution in [0.25, 0.3) is 17.0 Å². The van der Waals surface area contributed by atoms with Crippen LogP contribution in [0.15, 0.2) is 42.6 Å². The minimum absolute atomic E-state index is 0.179. The summed E-state index contributed by atoms with van der Waals surface area (Å²) < 4.78 is 1.58. The molecule has 1 N–H and O–H groups in total. The van der Waals surface area contributed by atoms with Gasteiger partial charge in [-0.1, -0.05) is 24.3 Å². The lowest BCUT2D eigenvalue weighted by Gasteiger charge is -1.98. The van der Waals surface area contributed by atoms with E-state index in [1.54, 1.807) is 22.8 Å². The first-order valence-electron chi connectivity index (χ1n) is 5.35. The van der Waals surface area contributed by atoms with Crippen LogP contribution in [-0.4, -0.2) is 19.7 Å². The highest BCUT2D eigenvalue weighted by Crippen LogP contribution is 2.20. The van der Waals surface area contributed by atoms with Crippen LogP contribution < -0.4 is 0 Å². The van der Waals surface area contributed by atoms with Gasteiger partial charge in [0.05, 0.1) is 6.20 Å². The number of nitrogens with zero attached hydrogens (tertiary/aromatic N) is 3. The van der Waals surface area contributed by atoms with E-state index < -0.39 is 0 Å². The van der Waals surface area contributed by atoms with Crippen LogP contribution in [0.3, 0.4) is 0 Å². The molecule has 2 heterocycles. The number of aromatic hydroxyl groups is 1. The van der Waals surface area contributed by atoms with Gasteiger partial charge in [-0.3, -0.25) is 0 Å². The zero-order chi connectivity index (χ0) is 11.8. The Labute approximate surface area is 98.2 Å². The predicted octanol–water partition coefficient (Wildman–Crippen LogP) is 2.41. The minimum Gasteiger partial charge on any atom is -0.506 e. The SMILES string of the molecule is Cc1ccccc1-c1nc2ccc(O)cn2n1. The second-order valence-electron chi connectivity index (χ2n) is 3.94. The number of aryl methyl sites for hydroxylation is 1. The van der Waals surface area contributed by atoms with Crippen molar-refractivity contribution in [1.29, 1.82) is 0 Å². The molecule has 0 radical (unpaired) electrons. The maximum absolute atomic E-state index is 9.38. The van der Waals surface area contributed by atoms with E-state index in [0.717, 1.165) is 16.8 Å². The lowest BCUT2D eigenvalue weighted by Crippen LogP contribution is -1.87. The molecule has 3 aromatic rings. The molecule has 0 unspecified atom stereocenters. The molecule has 1 aromatic carbocycles. The highest BCUT2D eigenvalue weighted by molar-refractivity contribution is 5.62. The van der Waals surface area contributed by atoms with Crippen LogP contribution >= 0.6 is 0 Å². The number of rotatable bonds is 1. The molecular formula is C13H11N3O. The van der Waals surface area contributed by atoms with Crippen LogP contribution in [0.4, 0.5) is 0 Å². The summed E-state index contributed by atoms with van der Waals surface area (Å²) >= 11 is 0. The van der Waals surface area contributed by atoms with Crippen LogP contribution in [0.5, 0.6) is 5.75 Å². The van der Waals surface area contributed by atoms with Crippen molar-refractivity contribution in [2.75, 3.05) is 0 Å². The molecule has 0 saturated heterocycles. The largest absolute Gasteiger partial charge is 0.506 e. The summed E-state index contributed by atoms with van der Waals surface area (Å²) in [5.41, 5.74) is 2.87. The number of fused-ring (bicyclic) bond motifs is 1. The maximum atomic E-state index is 9.38. The maximum Gasteiger partial charge on any atom is 0.182 e. The fourth-order valence-corrected chi connectivity index (χ4v) is 1.81. The van der Waals surface area contributed by atoms with E-state index in [1.165, 1.54) is 0 Å². The van der Waals surface area contributed by atoms with Gasteiger partial charge in [-0.15, -0.1) is 5.10 Å². The van der Waals surface area contributed by atoms with E-state index >= 15 is 0 Å². The molecule has 2 aromatic heterocycles. The van der Waals surface area contributed by atoms with Gasteiger partial charge in [0.15, 0.2) is 11.5 Å². The normalized spacial score (nSPS) is 10.9.